The first kappa shape index (κ1) is 13.3. The van der Waals surface area contributed by atoms with Crippen LogP contribution >= 0.6 is 11.3 Å². The number of nitrogens with zero attached hydrogens (tertiary/aromatic N) is 1. The summed E-state index contributed by atoms with van der Waals surface area (Å²) in [5.41, 5.74) is 8.30. The fourth-order valence-corrected chi connectivity index (χ4v) is 3.35. The van der Waals surface area contributed by atoms with Gasteiger partial charge < -0.3 is 5.73 Å². The largest absolute Gasteiger partial charge is 0.322 e. The summed E-state index contributed by atoms with van der Waals surface area (Å²) >= 11 is 1.85. The summed E-state index contributed by atoms with van der Waals surface area (Å²) in [5.74, 6) is 0. The molecule has 3 rings (SSSR count). The molecule has 0 aliphatic heterocycles. The quantitative estimate of drug-likeness (QED) is 0.782. The minimum Gasteiger partial charge on any atom is -0.322 e. The van der Waals surface area contributed by atoms with Crippen molar-refractivity contribution in [2.45, 2.75) is 25.8 Å². The van der Waals surface area contributed by atoms with Gasteiger partial charge >= 0.3 is 0 Å². The molecule has 0 amide bonds. The van der Waals surface area contributed by atoms with Crippen LogP contribution in [-0.2, 0) is 12.8 Å². The van der Waals surface area contributed by atoms with Crippen molar-refractivity contribution in [2.75, 3.05) is 0 Å². The van der Waals surface area contributed by atoms with E-state index < -0.39 is 0 Å². The molecule has 0 aliphatic rings. The van der Waals surface area contributed by atoms with Crippen molar-refractivity contribution in [2.24, 2.45) is 5.73 Å². The Morgan fingerprint density at radius 1 is 1.05 bits per heavy atom. The van der Waals surface area contributed by atoms with Gasteiger partial charge in [0.05, 0.1) is 17.3 Å². The van der Waals surface area contributed by atoms with Crippen molar-refractivity contribution in [3.8, 4) is 0 Å². The summed E-state index contributed by atoms with van der Waals surface area (Å²) in [6, 6.07) is 16.6. The number of rotatable bonds is 4. The van der Waals surface area contributed by atoms with Gasteiger partial charge in [-0.15, -0.1) is 11.3 Å². The second-order valence-corrected chi connectivity index (χ2v) is 6.21. The molecule has 3 aromatic rings. The maximum atomic E-state index is 6.31. The number of hydrogen-bond acceptors (Lipinski definition) is 3. The number of benzene rings is 1. The van der Waals surface area contributed by atoms with Crippen LogP contribution in [0.1, 0.15) is 28.4 Å². The molecule has 1 atom stereocenters. The molecule has 20 heavy (non-hydrogen) atoms. The lowest BCUT2D eigenvalue weighted by molar-refractivity contribution is 0.707. The van der Waals surface area contributed by atoms with Gasteiger partial charge in [-0.1, -0.05) is 31.2 Å². The lowest BCUT2D eigenvalue weighted by Gasteiger charge is -2.10. The standard InChI is InChI=1S/C17H18N2S/c1-2-13-8-9-14(20-13)11-15(18)17-10-7-12-5-3-4-6-16(12)19-17/h3-10,15H,2,11,18H2,1H3. The SMILES string of the molecule is CCc1ccc(CC(N)c2ccc3ccccc3n2)s1. The van der Waals surface area contributed by atoms with E-state index in [-0.39, 0.29) is 6.04 Å². The van der Waals surface area contributed by atoms with E-state index in [9.17, 15) is 0 Å². The summed E-state index contributed by atoms with van der Waals surface area (Å²) in [4.78, 5) is 7.43. The van der Waals surface area contributed by atoms with Crippen LogP contribution in [0.5, 0.6) is 0 Å². The van der Waals surface area contributed by atoms with Crippen molar-refractivity contribution in [3.05, 3.63) is 64.0 Å². The van der Waals surface area contributed by atoms with E-state index >= 15 is 0 Å². The molecule has 0 aliphatic carbocycles. The molecule has 0 saturated carbocycles. The van der Waals surface area contributed by atoms with Gasteiger partial charge in [0.15, 0.2) is 0 Å². The van der Waals surface area contributed by atoms with Crippen LogP contribution < -0.4 is 5.73 Å². The summed E-state index contributed by atoms with van der Waals surface area (Å²) in [6.45, 7) is 2.18. The third-order valence-electron chi connectivity index (χ3n) is 3.49. The molecule has 0 fully saturated rings. The normalized spacial score (nSPS) is 12.7. The molecule has 3 heteroatoms. The zero-order chi connectivity index (χ0) is 13.9. The van der Waals surface area contributed by atoms with Gasteiger partial charge in [-0.25, -0.2) is 0 Å². The second-order valence-electron chi connectivity index (χ2n) is 4.96. The third kappa shape index (κ3) is 2.74. The predicted molar refractivity (Wildman–Crippen MR) is 86.1 cm³/mol. The van der Waals surface area contributed by atoms with Crippen LogP contribution in [0.25, 0.3) is 10.9 Å². The Kier molecular flexibility index (Phi) is 3.81. The number of aryl methyl sites for hydroxylation is 1. The fourth-order valence-electron chi connectivity index (χ4n) is 2.33. The molecule has 0 bridgehead atoms. The van der Waals surface area contributed by atoms with Crippen molar-refractivity contribution >= 4 is 22.2 Å². The lowest BCUT2D eigenvalue weighted by Crippen LogP contribution is -2.14. The summed E-state index contributed by atoms with van der Waals surface area (Å²) in [6.07, 6.45) is 1.95. The molecule has 2 N–H and O–H groups in total. The Balaban J connectivity index is 1.82. The van der Waals surface area contributed by atoms with Gasteiger partial charge in [-0.2, -0.15) is 0 Å². The zero-order valence-corrected chi connectivity index (χ0v) is 12.4. The van der Waals surface area contributed by atoms with E-state index in [4.69, 9.17) is 5.73 Å². The van der Waals surface area contributed by atoms with Gasteiger partial charge in [0, 0.05) is 21.6 Å². The Bertz CT molecular complexity index is 718. The minimum absolute atomic E-state index is 0.0389. The highest BCUT2D eigenvalue weighted by atomic mass is 32.1. The minimum atomic E-state index is -0.0389. The molecule has 2 aromatic heterocycles. The third-order valence-corrected chi connectivity index (χ3v) is 4.74. The van der Waals surface area contributed by atoms with Crippen LogP contribution in [0.4, 0.5) is 0 Å². The molecule has 102 valence electrons. The van der Waals surface area contributed by atoms with Crippen molar-refractivity contribution in [3.63, 3.8) is 0 Å². The second kappa shape index (κ2) is 5.73. The van der Waals surface area contributed by atoms with Crippen molar-refractivity contribution in [1.29, 1.82) is 0 Å². The van der Waals surface area contributed by atoms with E-state index in [0.29, 0.717) is 0 Å². The lowest BCUT2D eigenvalue weighted by atomic mass is 10.1. The first-order valence-electron chi connectivity index (χ1n) is 6.95. The zero-order valence-electron chi connectivity index (χ0n) is 11.5. The average Bonchev–Trinajstić information content (AvgIpc) is 2.94. The maximum Gasteiger partial charge on any atom is 0.0706 e. The molecule has 0 saturated heterocycles. The molecule has 0 radical (unpaired) electrons. The summed E-state index contributed by atoms with van der Waals surface area (Å²) in [5, 5.41) is 1.16. The number of hydrogen-bond donors (Lipinski definition) is 1. The molecule has 2 heterocycles. The number of fused-ring (bicyclic) bond motifs is 1. The molecule has 1 aromatic carbocycles. The van der Waals surface area contributed by atoms with Gasteiger partial charge in [0.2, 0.25) is 0 Å². The van der Waals surface area contributed by atoms with Gasteiger partial charge in [-0.3, -0.25) is 4.98 Å². The number of pyridine rings is 1. The van der Waals surface area contributed by atoms with Crippen LogP contribution in [0, 0.1) is 0 Å². The molecule has 2 nitrogen and oxygen atoms in total. The molecule has 0 spiro atoms. The van der Waals surface area contributed by atoms with Gasteiger partial charge in [0.25, 0.3) is 0 Å². The van der Waals surface area contributed by atoms with E-state index in [1.165, 1.54) is 9.75 Å². The van der Waals surface area contributed by atoms with Crippen LogP contribution in [-0.4, -0.2) is 4.98 Å². The molecule has 1 unspecified atom stereocenters. The van der Waals surface area contributed by atoms with Crippen LogP contribution in [0.2, 0.25) is 0 Å². The maximum absolute atomic E-state index is 6.31. The number of nitrogens with two attached hydrogens (primary N) is 1. The first-order valence-corrected chi connectivity index (χ1v) is 7.77. The highest BCUT2D eigenvalue weighted by Gasteiger charge is 2.10. The van der Waals surface area contributed by atoms with E-state index in [2.05, 4.69) is 36.2 Å². The number of thiophene rings is 1. The number of para-hydroxylation sites is 1. The topological polar surface area (TPSA) is 38.9 Å². The Labute approximate surface area is 123 Å². The van der Waals surface area contributed by atoms with Crippen LogP contribution in [0.15, 0.2) is 48.5 Å². The Morgan fingerprint density at radius 3 is 2.65 bits per heavy atom. The average molecular weight is 282 g/mol. The summed E-state index contributed by atoms with van der Waals surface area (Å²) < 4.78 is 0. The fraction of sp³-hybridized carbons (Fsp3) is 0.235. The molecular formula is C17H18N2S. The Morgan fingerprint density at radius 2 is 1.85 bits per heavy atom. The number of aromatic nitrogens is 1. The van der Waals surface area contributed by atoms with E-state index in [1.54, 1.807) is 0 Å². The van der Waals surface area contributed by atoms with E-state index in [1.807, 2.05) is 35.6 Å². The van der Waals surface area contributed by atoms with E-state index in [0.717, 1.165) is 29.4 Å². The highest BCUT2D eigenvalue weighted by Crippen LogP contribution is 2.23. The monoisotopic (exact) mass is 282 g/mol. The van der Waals surface area contributed by atoms with Gasteiger partial charge in [-0.05, 0) is 30.7 Å². The van der Waals surface area contributed by atoms with Gasteiger partial charge in [0.1, 0.15) is 0 Å². The van der Waals surface area contributed by atoms with Crippen LogP contribution in [0.3, 0.4) is 0 Å². The molecular weight excluding hydrogens is 264 g/mol. The Hall–Kier alpha value is -1.71. The predicted octanol–water partition coefficient (Wildman–Crippen LogP) is 4.10. The highest BCUT2D eigenvalue weighted by molar-refractivity contribution is 7.11. The summed E-state index contributed by atoms with van der Waals surface area (Å²) in [7, 11) is 0. The van der Waals surface area contributed by atoms with Crippen molar-refractivity contribution < 1.29 is 0 Å². The smallest absolute Gasteiger partial charge is 0.0706 e. The van der Waals surface area contributed by atoms with Crippen molar-refractivity contribution in [1.82, 2.24) is 4.98 Å². The first-order chi connectivity index (χ1) is 9.76.